The molecule has 0 spiro atoms. The van der Waals surface area contributed by atoms with Crippen molar-refractivity contribution >= 4 is 34.7 Å². The molecule has 6 heteroatoms. The number of thiocarbonyl (C=S) groups is 2. The van der Waals surface area contributed by atoms with Gasteiger partial charge < -0.3 is 10.6 Å². The zero-order valence-corrected chi connectivity index (χ0v) is 13.1. The van der Waals surface area contributed by atoms with Gasteiger partial charge in [0.15, 0.2) is 10.2 Å². The molecule has 19 heavy (non-hydrogen) atoms. The maximum atomic E-state index is 5.27. The predicted octanol–water partition coefficient (Wildman–Crippen LogP) is 1.78. The first-order chi connectivity index (χ1) is 8.99. The van der Waals surface area contributed by atoms with Crippen LogP contribution in [0.2, 0.25) is 0 Å². The first-order valence-corrected chi connectivity index (χ1v) is 6.93. The fourth-order valence-electron chi connectivity index (χ4n) is 1.39. The molecular formula is C13H20N4S2. The van der Waals surface area contributed by atoms with Gasteiger partial charge in [-0.2, -0.15) is 0 Å². The predicted molar refractivity (Wildman–Crippen MR) is 87.6 cm³/mol. The fraction of sp³-hybridized carbons (Fsp3) is 0.385. The minimum absolute atomic E-state index is 0.291. The summed E-state index contributed by atoms with van der Waals surface area (Å²) in [7, 11) is 1.83. The summed E-state index contributed by atoms with van der Waals surface area (Å²) in [6.07, 6.45) is 0. The van der Waals surface area contributed by atoms with Crippen LogP contribution in [0, 0.1) is 0 Å². The van der Waals surface area contributed by atoms with Crippen LogP contribution in [-0.4, -0.2) is 28.3 Å². The third-order valence-electron chi connectivity index (χ3n) is 2.28. The highest BCUT2D eigenvalue weighted by molar-refractivity contribution is 7.80. The maximum Gasteiger partial charge on any atom is 0.187 e. The Kier molecular flexibility index (Phi) is 6.52. The van der Waals surface area contributed by atoms with Gasteiger partial charge in [-0.25, -0.2) is 0 Å². The molecule has 0 saturated heterocycles. The summed E-state index contributed by atoms with van der Waals surface area (Å²) in [4.78, 5) is 0. The van der Waals surface area contributed by atoms with Gasteiger partial charge in [-0.05, 0) is 43.8 Å². The Labute approximate surface area is 125 Å². The Balaban J connectivity index is 2.35. The van der Waals surface area contributed by atoms with Gasteiger partial charge in [0.2, 0.25) is 0 Å². The van der Waals surface area contributed by atoms with Gasteiger partial charge in [-0.3, -0.25) is 10.4 Å². The number of hydrogen-bond acceptors (Lipinski definition) is 2. The van der Waals surface area contributed by atoms with E-state index >= 15 is 0 Å². The molecule has 1 rings (SSSR count). The molecule has 0 aromatic heterocycles. The second kappa shape index (κ2) is 7.91. The molecule has 4 nitrogen and oxygen atoms in total. The molecule has 0 saturated carbocycles. The SMILES string of the molecule is CC(C)NC(=S)NN(C)C(=S)NCc1ccccc1. The standard InChI is InChI=1S/C13H20N4S2/c1-10(2)15-12(18)16-17(3)13(19)14-9-11-7-5-4-6-8-11/h4-8,10H,9H2,1-3H3,(H,14,19)(H2,15,16,18). The van der Waals surface area contributed by atoms with Crippen molar-refractivity contribution in [1.82, 2.24) is 21.1 Å². The van der Waals surface area contributed by atoms with Crippen molar-refractivity contribution in [3.8, 4) is 0 Å². The molecule has 0 aliphatic rings. The molecular weight excluding hydrogens is 276 g/mol. The van der Waals surface area contributed by atoms with Gasteiger partial charge in [0.05, 0.1) is 0 Å². The highest BCUT2D eigenvalue weighted by Gasteiger charge is 2.06. The lowest BCUT2D eigenvalue weighted by Gasteiger charge is -2.24. The van der Waals surface area contributed by atoms with Crippen molar-refractivity contribution in [3.05, 3.63) is 35.9 Å². The van der Waals surface area contributed by atoms with Crippen molar-refractivity contribution in [2.75, 3.05) is 7.05 Å². The molecule has 0 radical (unpaired) electrons. The van der Waals surface area contributed by atoms with Gasteiger partial charge in [-0.1, -0.05) is 30.3 Å². The Morgan fingerprint density at radius 2 is 1.84 bits per heavy atom. The molecule has 0 bridgehead atoms. The zero-order valence-electron chi connectivity index (χ0n) is 11.4. The smallest absolute Gasteiger partial charge is 0.187 e. The van der Waals surface area contributed by atoms with Crippen molar-refractivity contribution in [3.63, 3.8) is 0 Å². The average molecular weight is 296 g/mol. The Morgan fingerprint density at radius 3 is 2.42 bits per heavy atom. The third-order valence-corrected chi connectivity index (χ3v) is 2.91. The average Bonchev–Trinajstić information content (AvgIpc) is 2.36. The van der Waals surface area contributed by atoms with E-state index in [4.69, 9.17) is 24.4 Å². The van der Waals surface area contributed by atoms with E-state index in [1.807, 2.05) is 51.2 Å². The molecule has 0 unspecified atom stereocenters. The van der Waals surface area contributed by atoms with E-state index in [1.165, 1.54) is 5.56 Å². The molecule has 0 amide bonds. The van der Waals surface area contributed by atoms with E-state index in [1.54, 1.807) is 5.01 Å². The first-order valence-electron chi connectivity index (χ1n) is 6.11. The van der Waals surface area contributed by atoms with E-state index in [-0.39, 0.29) is 0 Å². The molecule has 0 atom stereocenters. The number of hydrogen-bond donors (Lipinski definition) is 3. The molecule has 1 aromatic carbocycles. The van der Waals surface area contributed by atoms with Gasteiger partial charge in [0, 0.05) is 19.6 Å². The summed E-state index contributed by atoms with van der Waals surface area (Å²) in [6.45, 7) is 4.75. The number of benzene rings is 1. The van der Waals surface area contributed by atoms with E-state index < -0.39 is 0 Å². The zero-order chi connectivity index (χ0) is 14.3. The highest BCUT2D eigenvalue weighted by Crippen LogP contribution is 1.97. The van der Waals surface area contributed by atoms with E-state index in [2.05, 4.69) is 16.1 Å². The largest absolute Gasteiger partial charge is 0.359 e. The topological polar surface area (TPSA) is 39.3 Å². The number of rotatable bonds is 3. The van der Waals surface area contributed by atoms with Crippen LogP contribution in [0.25, 0.3) is 0 Å². The van der Waals surface area contributed by atoms with Crippen LogP contribution in [0.5, 0.6) is 0 Å². The summed E-state index contributed by atoms with van der Waals surface area (Å²) >= 11 is 10.4. The molecule has 104 valence electrons. The van der Waals surface area contributed by atoms with E-state index in [9.17, 15) is 0 Å². The summed E-state index contributed by atoms with van der Waals surface area (Å²) < 4.78 is 0. The van der Waals surface area contributed by atoms with Gasteiger partial charge >= 0.3 is 0 Å². The summed E-state index contributed by atoms with van der Waals surface area (Å²) in [5.74, 6) is 0. The van der Waals surface area contributed by atoms with E-state index in [0.29, 0.717) is 22.8 Å². The molecule has 0 aliphatic heterocycles. The van der Waals surface area contributed by atoms with Crippen molar-refractivity contribution in [2.24, 2.45) is 0 Å². The van der Waals surface area contributed by atoms with E-state index in [0.717, 1.165) is 0 Å². The van der Waals surface area contributed by atoms with Gasteiger partial charge in [0.1, 0.15) is 0 Å². The van der Waals surface area contributed by atoms with Crippen LogP contribution in [0.1, 0.15) is 19.4 Å². The Bertz CT molecular complexity index is 420. The van der Waals surface area contributed by atoms with Crippen LogP contribution in [0.15, 0.2) is 30.3 Å². The second-order valence-electron chi connectivity index (χ2n) is 4.44. The maximum absolute atomic E-state index is 5.27. The van der Waals surface area contributed by atoms with Crippen molar-refractivity contribution in [1.29, 1.82) is 0 Å². The number of nitrogens with one attached hydrogen (secondary N) is 3. The minimum Gasteiger partial charge on any atom is -0.359 e. The monoisotopic (exact) mass is 296 g/mol. The van der Waals surface area contributed by atoms with Gasteiger partial charge in [0.25, 0.3) is 0 Å². The summed E-state index contributed by atoms with van der Waals surface area (Å²) in [5, 5.41) is 9.10. The van der Waals surface area contributed by atoms with Crippen LogP contribution < -0.4 is 16.1 Å². The van der Waals surface area contributed by atoms with Crippen LogP contribution in [-0.2, 0) is 6.54 Å². The van der Waals surface area contributed by atoms with Gasteiger partial charge in [-0.15, -0.1) is 0 Å². The molecule has 0 fully saturated rings. The molecule has 3 N–H and O–H groups in total. The summed E-state index contributed by atoms with van der Waals surface area (Å²) in [6, 6.07) is 10.4. The van der Waals surface area contributed by atoms with Crippen molar-refractivity contribution in [2.45, 2.75) is 26.4 Å². The highest BCUT2D eigenvalue weighted by atomic mass is 32.1. The van der Waals surface area contributed by atoms with Crippen molar-refractivity contribution < 1.29 is 0 Å². The van der Waals surface area contributed by atoms with Crippen LogP contribution in [0.3, 0.4) is 0 Å². The van der Waals surface area contributed by atoms with Crippen LogP contribution in [0.4, 0.5) is 0 Å². The van der Waals surface area contributed by atoms with Crippen LogP contribution >= 0.6 is 24.4 Å². The number of hydrazine groups is 1. The number of nitrogens with zero attached hydrogens (tertiary/aromatic N) is 1. The summed E-state index contributed by atoms with van der Waals surface area (Å²) in [5.41, 5.74) is 4.18. The molecule has 0 aliphatic carbocycles. The normalized spacial score (nSPS) is 9.89. The lowest BCUT2D eigenvalue weighted by atomic mass is 10.2. The third kappa shape index (κ3) is 6.35. The quantitative estimate of drug-likeness (QED) is 0.583. The molecule has 0 heterocycles. The lowest BCUT2D eigenvalue weighted by molar-refractivity contribution is 0.440. The molecule has 1 aromatic rings. The Hall–Kier alpha value is -1.40. The second-order valence-corrected chi connectivity index (χ2v) is 5.24. The minimum atomic E-state index is 0.291. The Morgan fingerprint density at radius 1 is 1.21 bits per heavy atom. The first kappa shape index (κ1) is 15.7. The fourth-order valence-corrected chi connectivity index (χ4v) is 1.88. The lowest BCUT2D eigenvalue weighted by Crippen LogP contribution is -2.52.